The highest BCUT2D eigenvalue weighted by Gasteiger charge is 2.25. The van der Waals surface area contributed by atoms with Gasteiger partial charge < -0.3 is 14.7 Å². The predicted molar refractivity (Wildman–Crippen MR) is 48.9 cm³/mol. The highest BCUT2D eigenvalue weighted by Crippen LogP contribution is 2.12. The van der Waals surface area contributed by atoms with Crippen LogP contribution in [0.5, 0.6) is 0 Å². The number of ether oxygens (including phenoxy) is 1. The maximum atomic E-state index is 11.2. The minimum Gasteiger partial charge on any atom is -0.515 e. The van der Waals surface area contributed by atoms with E-state index < -0.39 is 6.09 Å². The maximum Gasteiger partial charge on any atom is 0.410 e. The molecular weight excluding hydrogens is 186 g/mol. The van der Waals surface area contributed by atoms with Crippen LogP contribution < -0.4 is 0 Å². The zero-order valence-corrected chi connectivity index (χ0v) is 8.02. The van der Waals surface area contributed by atoms with Gasteiger partial charge in [0.15, 0.2) is 5.78 Å². The normalized spacial score (nSPS) is 19.9. The number of amides is 1. The van der Waals surface area contributed by atoms with Crippen LogP contribution in [0.3, 0.4) is 0 Å². The number of hydrogen-bond donors (Lipinski definition) is 1. The van der Waals surface area contributed by atoms with E-state index in [2.05, 4.69) is 0 Å². The van der Waals surface area contributed by atoms with E-state index in [1.54, 1.807) is 6.92 Å². The molecule has 1 fully saturated rings. The molecule has 0 unspecified atom stereocenters. The van der Waals surface area contributed by atoms with Gasteiger partial charge in [-0.25, -0.2) is 4.79 Å². The average molecular weight is 199 g/mol. The second-order valence-corrected chi connectivity index (χ2v) is 2.95. The number of carbonyl (C=O) groups is 2. The summed E-state index contributed by atoms with van der Waals surface area (Å²) in [4.78, 5) is 23.8. The zero-order chi connectivity index (χ0) is 10.6. The first-order chi connectivity index (χ1) is 6.69. The summed E-state index contributed by atoms with van der Waals surface area (Å²) in [5.74, 6) is -0.118. The van der Waals surface area contributed by atoms with Crippen LogP contribution in [0.25, 0.3) is 0 Å². The summed E-state index contributed by atoms with van der Waals surface area (Å²) in [6.45, 7) is 2.51. The third-order valence-corrected chi connectivity index (χ3v) is 2.01. The van der Waals surface area contributed by atoms with Crippen LogP contribution >= 0.6 is 0 Å². The summed E-state index contributed by atoms with van der Waals surface area (Å²) >= 11 is 0. The Hall–Kier alpha value is -1.52. The van der Waals surface area contributed by atoms with Gasteiger partial charge in [-0.2, -0.15) is 0 Å². The van der Waals surface area contributed by atoms with Crippen LogP contribution in [0.1, 0.15) is 13.3 Å². The van der Waals surface area contributed by atoms with Crippen molar-refractivity contribution in [2.75, 3.05) is 19.7 Å². The molecule has 0 aliphatic carbocycles. The van der Waals surface area contributed by atoms with Gasteiger partial charge in [-0.15, -0.1) is 0 Å². The number of aliphatic hydroxyl groups excluding tert-OH is 1. The molecule has 5 heteroatoms. The van der Waals surface area contributed by atoms with Crippen LogP contribution in [0.15, 0.2) is 11.8 Å². The Balaban J connectivity index is 2.59. The standard InChI is InChI=1S/C9H13NO4/c1-2-14-9(13)10-4-3-8(12)7(5-10)6-11/h6,11H,2-5H2,1H3/b7-6+. The average Bonchev–Trinajstić information content (AvgIpc) is 2.19. The SMILES string of the molecule is CCOC(=O)N1CCC(=O)/C(=C/O)C1. The Morgan fingerprint density at radius 2 is 2.43 bits per heavy atom. The van der Waals surface area contributed by atoms with Gasteiger partial charge in [0.25, 0.3) is 0 Å². The number of rotatable bonds is 1. The van der Waals surface area contributed by atoms with E-state index >= 15 is 0 Å². The van der Waals surface area contributed by atoms with E-state index in [9.17, 15) is 9.59 Å². The number of nitrogens with zero attached hydrogens (tertiary/aromatic N) is 1. The molecule has 0 spiro atoms. The lowest BCUT2D eigenvalue weighted by Crippen LogP contribution is -2.40. The highest BCUT2D eigenvalue weighted by molar-refractivity contribution is 5.97. The summed E-state index contributed by atoms with van der Waals surface area (Å²) < 4.78 is 4.78. The van der Waals surface area contributed by atoms with Crippen LogP contribution in [0.2, 0.25) is 0 Å². The number of aliphatic hydroxyl groups is 1. The van der Waals surface area contributed by atoms with Gasteiger partial charge in [0.2, 0.25) is 0 Å². The van der Waals surface area contributed by atoms with Crippen molar-refractivity contribution in [3.8, 4) is 0 Å². The molecule has 1 heterocycles. The molecule has 0 radical (unpaired) electrons. The number of ketones is 1. The number of hydrogen-bond acceptors (Lipinski definition) is 4. The van der Waals surface area contributed by atoms with E-state index in [-0.39, 0.29) is 24.3 Å². The molecule has 1 aliphatic heterocycles. The van der Waals surface area contributed by atoms with E-state index in [0.29, 0.717) is 13.2 Å². The Bertz CT molecular complexity index is 272. The van der Waals surface area contributed by atoms with E-state index in [1.807, 2.05) is 0 Å². The molecule has 0 aromatic carbocycles. The molecule has 14 heavy (non-hydrogen) atoms. The maximum absolute atomic E-state index is 11.2. The van der Waals surface area contributed by atoms with E-state index in [1.165, 1.54) is 4.90 Å². The van der Waals surface area contributed by atoms with Gasteiger partial charge in [-0.3, -0.25) is 4.79 Å². The lowest BCUT2D eigenvalue weighted by Gasteiger charge is -2.26. The van der Waals surface area contributed by atoms with Gasteiger partial charge >= 0.3 is 6.09 Å². The van der Waals surface area contributed by atoms with Crippen LogP contribution in [0, 0.1) is 0 Å². The van der Waals surface area contributed by atoms with Crippen molar-refractivity contribution >= 4 is 11.9 Å². The van der Waals surface area contributed by atoms with Crippen LogP contribution in [0.4, 0.5) is 4.79 Å². The second-order valence-electron chi connectivity index (χ2n) is 2.95. The first-order valence-electron chi connectivity index (χ1n) is 4.47. The number of carbonyl (C=O) groups excluding carboxylic acids is 2. The Morgan fingerprint density at radius 1 is 1.71 bits per heavy atom. The molecule has 0 atom stereocenters. The summed E-state index contributed by atoms with van der Waals surface area (Å²) in [5, 5.41) is 8.73. The fraction of sp³-hybridized carbons (Fsp3) is 0.556. The van der Waals surface area contributed by atoms with Crippen molar-refractivity contribution in [3.05, 3.63) is 11.8 Å². The predicted octanol–water partition coefficient (Wildman–Crippen LogP) is 0.860. The monoisotopic (exact) mass is 199 g/mol. The molecule has 5 nitrogen and oxygen atoms in total. The molecule has 0 aromatic heterocycles. The fourth-order valence-electron chi connectivity index (χ4n) is 1.25. The first kappa shape index (κ1) is 10.6. The van der Waals surface area contributed by atoms with Gasteiger partial charge in [-0.05, 0) is 6.92 Å². The summed E-state index contributed by atoms with van der Waals surface area (Å²) in [6.07, 6.45) is 0.554. The quantitative estimate of drug-likeness (QED) is 0.502. The number of Topliss-reactive ketones (excluding diaryl/α,β-unsaturated/α-hetero) is 1. The Labute approximate surface area is 82.0 Å². The molecule has 1 rings (SSSR count). The van der Waals surface area contributed by atoms with Crippen molar-refractivity contribution < 1.29 is 19.4 Å². The van der Waals surface area contributed by atoms with E-state index in [4.69, 9.17) is 9.84 Å². The largest absolute Gasteiger partial charge is 0.515 e. The van der Waals surface area contributed by atoms with Gasteiger partial charge in [0.1, 0.15) is 0 Å². The Morgan fingerprint density at radius 3 is 3.00 bits per heavy atom. The van der Waals surface area contributed by atoms with Gasteiger partial charge in [0, 0.05) is 18.5 Å². The van der Waals surface area contributed by atoms with Crippen molar-refractivity contribution in [1.29, 1.82) is 0 Å². The molecule has 0 bridgehead atoms. The van der Waals surface area contributed by atoms with Crippen LogP contribution in [-0.2, 0) is 9.53 Å². The third-order valence-electron chi connectivity index (χ3n) is 2.01. The molecular formula is C9H13NO4. The van der Waals surface area contributed by atoms with E-state index in [0.717, 1.165) is 6.26 Å². The third kappa shape index (κ3) is 2.25. The molecule has 1 aliphatic rings. The van der Waals surface area contributed by atoms with Crippen molar-refractivity contribution in [2.45, 2.75) is 13.3 Å². The van der Waals surface area contributed by atoms with Crippen molar-refractivity contribution in [2.24, 2.45) is 0 Å². The lowest BCUT2D eigenvalue weighted by atomic mass is 10.1. The number of likely N-dealkylation sites (tertiary alicyclic amines) is 1. The van der Waals surface area contributed by atoms with Gasteiger partial charge in [-0.1, -0.05) is 0 Å². The van der Waals surface area contributed by atoms with Crippen molar-refractivity contribution in [3.63, 3.8) is 0 Å². The fourth-order valence-corrected chi connectivity index (χ4v) is 1.25. The summed E-state index contributed by atoms with van der Waals surface area (Å²) in [5.41, 5.74) is 0.254. The summed E-state index contributed by atoms with van der Waals surface area (Å²) in [7, 11) is 0. The van der Waals surface area contributed by atoms with Gasteiger partial charge in [0.05, 0.1) is 19.4 Å². The first-order valence-corrected chi connectivity index (χ1v) is 4.47. The topological polar surface area (TPSA) is 66.8 Å². The minimum atomic E-state index is -0.445. The molecule has 1 amide bonds. The summed E-state index contributed by atoms with van der Waals surface area (Å²) in [6, 6.07) is 0. The second kappa shape index (κ2) is 4.64. The van der Waals surface area contributed by atoms with Crippen LogP contribution in [-0.4, -0.2) is 41.6 Å². The van der Waals surface area contributed by atoms with Crippen molar-refractivity contribution in [1.82, 2.24) is 4.90 Å². The lowest BCUT2D eigenvalue weighted by molar-refractivity contribution is -0.117. The Kier molecular flexibility index (Phi) is 3.50. The molecule has 0 saturated carbocycles. The smallest absolute Gasteiger partial charge is 0.410 e. The minimum absolute atomic E-state index is 0.118. The molecule has 78 valence electrons. The highest BCUT2D eigenvalue weighted by atomic mass is 16.6. The molecule has 1 N–H and O–H groups in total. The molecule has 1 saturated heterocycles. The zero-order valence-electron chi connectivity index (χ0n) is 8.02. The molecule has 0 aromatic rings. The number of piperidine rings is 1.